The van der Waals surface area contributed by atoms with E-state index in [2.05, 4.69) is 39.1 Å². The highest BCUT2D eigenvalue weighted by atomic mass is 127. The van der Waals surface area contributed by atoms with Crippen molar-refractivity contribution in [3.8, 4) is 22.8 Å². The maximum Gasteiger partial charge on any atom is 0.269 e. The van der Waals surface area contributed by atoms with E-state index in [1.165, 1.54) is 3.97 Å². The van der Waals surface area contributed by atoms with Crippen LogP contribution < -0.4 is 9.47 Å². The molecule has 2 aromatic carbocycles. The first kappa shape index (κ1) is 24.6. The van der Waals surface area contributed by atoms with Crippen molar-refractivity contribution >= 4 is 54.6 Å². The second kappa shape index (κ2) is 9.78. The SMILES string of the molecule is CCn1cc(-c2cc3cccnc3n2S(=O)(=O)c2ccc(C)cc2)c2cc(OC)c(OCCI)cc21. The Kier molecular flexibility index (Phi) is 6.69. The van der Waals surface area contributed by atoms with Crippen molar-refractivity contribution < 1.29 is 17.9 Å². The first-order valence-electron chi connectivity index (χ1n) is 11.6. The third-order valence-corrected chi connectivity index (χ3v) is 8.36. The van der Waals surface area contributed by atoms with Gasteiger partial charge in [-0.05, 0) is 50.2 Å². The zero-order chi connectivity index (χ0) is 25.4. The van der Waals surface area contributed by atoms with E-state index in [9.17, 15) is 8.42 Å². The zero-order valence-electron chi connectivity index (χ0n) is 20.2. The quantitative estimate of drug-likeness (QED) is 0.157. The molecule has 9 heteroatoms. The average molecular weight is 615 g/mol. The van der Waals surface area contributed by atoms with E-state index in [0.717, 1.165) is 31.8 Å². The van der Waals surface area contributed by atoms with Crippen LogP contribution in [0, 0.1) is 6.92 Å². The number of benzene rings is 2. The Bertz CT molecular complexity index is 1670. The minimum Gasteiger partial charge on any atom is -0.493 e. The molecule has 0 N–H and O–H groups in total. The number of alkyl halides is 1. The minimum absolute atomic E-state index is 0.212. The summed E-state index contributed by atoms with van der Waals surface area (Å²) in [6.07, 6.45) is 3.60. The summed E-state index contributed by atoms with van der Waals surface area (Å²) in [4.78, 5) is 4.67. The smallest absolute Gasteiger partial charge is 0.269 e. The van der Waals surface area contributed by atoms with Crippen molar-refractivity contribution in [2.24, 2.45) is 0 Å². The molecule has 0 saturated carbocycles. The zero-order valence-corrected chi connectivity index (χ0v) is 23.2. The molecular weight excluding hydrogens is 589 g/mol. The number of aromatic nitrogens is 3. The molecule has 0 saturated heterocycles. The molecule has 0 aliphatic carbocycles. The van der Waals surface area contributed by atoms with E-state index >= 15 is 0 Å². The molecule has 3 heterocycles. The molecule has 0 atom stereocenters. The van der Waals surface area contributed by atoms with Crippen molar-refractivity contribution in [2.45, 2.75) is 25.3 Å². The molecule has 36 heavy (non-hydrogen) atoms. The molecule has 186 valence electrons. The summed E-state index contributed by atoms with van der Waals surface area (Å²) < 4.78 is 43.9. The van der Waals surface area contributed by atoms with E-state index in [-0.39, 0.29) is 4.90 Å². The van der Waals surface area contributed by atoms with E-state index < -0.39 is 10.0 Å². The summed E-state index contributed by atoms with van der Waals surface area (Å²) >= 11 is 2.27. The predicted octanol–water partition coefficient (Wildman–Crippen LogP) is 6.05. The molecule has 0 unspecified atom stereocenters. The monoisotopic (exact) mass is 615 g/mol. The third-order valence-electron chi connectivity index (χ3n) is 6.20. The number of pyridine rings is 1. The number of hydrogen-bond donors (Lipinski definition) is 0. The van der Waals surface area contributed by atoms with Crippen molar-refractivity contribution in [3.05, 3.63) is 72.6 Å². The Hall–Kier alpha value is -3.05. The lowest BCUT2D eigenvalue weighted by Crippen LogP contribution is -2.14. The molecule has 0 aliphatic rings. The van der Waals surface area contributed by atoms with Crippen molar-refractivity contribution in [1.82, 2.24) is 13.5 Å². The van der Waals surface area contributed by atoms with Gasteiger partial charge in [-0.1, -0.05) is 40.3 Å². The van der Waals surface area contributed by atoms with Crippen LogP contribution in [0.2, 0.25) is 0 Å². The first-order chi connectivity index (χ1) is 17.4. The normalized spacial score (nSPS) is 11.9. The molecule has 0 bridgehead atoms. The average Bonchev–Trinajstić information content (AvgIpc) is 3.45. The van der Waals surface area contributed by atoms with Crippen molar-refractivity contribution in [3.63, 3.8) is 0 Å². The van der Waals surface area contributed by atoms with Gasteiger partial charge in [0.15, 0.2) is 17.1 Å². The Morgan fingerprint density at radius 2 is 1.83 bits per heavy atom. The molecule has 5 rings (SSSR count). The Morgan fingerprint density at radius 1 is 1.06 bits per heavy atom. The highest BCUT2D eigenvalue weighted by Crippen LogP contribution is 2.41. The van der Waals surface area contributed by atoms with Crippen LogP contribution in [-0.4, -0.2) is 40.1 Å². The van der Waals surface area contributed by atoms with Gasteiger partial charge in [0.1, 0.15) is 0 Å². The maximum atomic E-state index is 14.0. The second-order valence-corrected chi connectivity index (χ2v) is 11.3. The number of nitrogens with zero attached hydrogens (tertiary/aromatic N) is 3. The van der Waals surface area contributed by atoms with Crippen molar-refractivity contribution in [1.29, 1.82) is 0 Å². The Morgan fingerprint density at radius 3 is 2.53 bits per heavy atom. The van der Waals surface area contributed by atoms with Gasteiger partial charge in [-0.25, -0.2) is 17.4 Å². The van der Waals surface area contributed by atoms with Crippen LogP contribution in [0.5, 0.6) is 11.5 Å². The van der Waals surface area contributed by atoms with Gasteiger partial charge in [0.2, 0.25) is 0 Å². The predicted molar refractivity (Wildman–Crippen MR) is 151 cm³/mol. The fourth-order valence-electron chi connectivity index (χ4n) is 4.44. The molecule has 5 aromatic rings. The van der Waals surface area contributed by atoms with Gasteiger partial charge in [-0.15, -0.1) is 0 Å². The number of fused-ring (bicyclic) bond motifs is 2. The molecule has 7 nitrogen and oxygen atoms in total. The van der Waals surface area contributed by atoms with Crippen LogP contribution in [0.1, 0.15) is 12.5 Å². The molecule has 0 spiro atoms. The molecule has 0 radical (unpaired) electrons. The highest BCUT2D eigenvalue weighted by molar-refractivity contribution is 14.1. The number of aryl methyl sites for hydroxylation is 2. The van der Waals surface area contributed by atoms with E-state index in [0.29, 0.717) is 36.0 Å². The summed E-state index contributed by atoms with van der Waals surface area (Å²) in [5.41, 5.74) is 3.64. The Labute approximate surface area is 223 Å². The topological polar surface area (TPSA) is 75.4 Å². The molecular formula is C27H26IN3O4S. The maximum absolute atomic E-state index is 14.0. The molecule has 3 aromatic heterocycles. The number of ether oxygens (including phenoxy) is 2. The number of halogens is 1. The van der Waals surface area contributed by atoms with Crippen molar-refractivity contribution in [2.75, 3.05) is 18.1 Å². The van der Waals surface area contributed by atoms with Crippen LogP contribution in [-0.2, 0) is 16.6 Å². The van der Waals surface area contributed by atoms with Crippen LogP contribution in [0.15, 0.2) is 71.9 Å². The van der Waals surface area contributed by atoms with Gasteiger partial charge in [-0.3, -0.25) is 0 Å². The van der Waals surface area contributed by atoms with E-state index in [4.69, 9.17) is 9.47 Å². The fraction of sp³-hybridized carbons (Fsp3) is 0.222. The van der Waals surface area contributed by atoms with Gasteiger partial charge in [0, 0.05) is 45.8 Å². The van der Waals surface area contributed by atoms with Gasteiger partial charge in [0.25, 0.3) is 10.0 Å². The summed E-state index contributed by atoms with van der Waals surface area (Å²) in [6, 6.07) is 16.3. The fourth-order valence-corrected chi connectivity index (χ4v) is 6.14. The van der Waals surface area contributed by atoms with Gasteiger partial charge in [0.05, 0.1) is 29.8 Å². The molecule has 0 aliphatic heterocycles. The lowest BCUT2D eigenvalue weighted by molar-refractivity contribution is 0.316. The second-order valence-electron chi connectivity index (χ2n) is 8.41. The number of methoxy groups -OCH3 is 1. The molecule has 0 fully saturated rings. The number of hydrogen-bond acceptors (Lipinski definition) is 5. The van der Waals surface area contributed by atoms with E-state index in [1.807, 2.05) is 43.5 Å². The summed E-state index contributed by atoms with van der Waals surface area (Å²) in [5, 5.41) is 1.62. The largest absolute Gasteiger partial charge is 0.493 e. The van der Waals surface area contributed by atoms with Gasteiger partial charge >= 0.3 is 0 Å². The summed E-state index contributed by atoms with van der Waals surface area (Å²) in [7, 11) is -2.32. The summed E-state index contributed by atoms with van der Waals surface area (Å²) in [5.74, 6) is 1.26. The van der Waals surface area contributed by atoms with Crippen LogP contribution in [0.3, 0.4) is 0 Å². The Balaban J connectivity index is 1.81. The highest BCUT2D eigenvalue weighted by Gasteiger charge is 2.27. The van der Waals surface area contributed by atoms with Crippen LogP contribution >= 0.6 is 22.6 Å². The minimum atomic E-state index is -3.93. The standard InChI is InChI=1S/C27H26IN3O4S/c1-4-30-17-22(21-15-25(34-3)26(16-23(21)30)35-13-11-28)24-14-19-6-5-12-29-27(19)31(24)36(32,33)20-9-7-18(2)8-10-20/h5-10,12,14-17H,4,11,13H2,1-3H3. The third kappa shape index (κ3) is 4.13. The number of rotatable bonds is 8. The van der Waals surface area contributed by atoms with Gasteiger partial charge in [-0.2, -0.15) is 0 Å². The molecule has 0 amide bonds. The lowest BCUT2D eigenvalue weighted by Gasteiger charge is -2.13. The summed E-state index contributed by atoms with van der Waals surface area (Å²) in [6.45, 7) is 5.26. The van der Waals surface area contributed by atoms with Crippen LogP contribution in [0.25, 0.3) is 33.2 Å². The van der Waals surface area contributed by atoms with Gasteiger partial charge < -0.3 is 14.0 Å². The van der Waals surface area contributed by atoms with E-state index in [1.54, 1.807) is 37.6 Å². The first-order valence-corrected chi connectivity index (χ1v) is 14.5. The lowest BCUT2D eigenvalue weighted by atomic mass is 10.1. The van der Waals surface area contributed by atoms with Crippen LogP contribution in [0.4, 0.5) is 0 Å².